The Balaban J connectivity index is 1.08. The van der Waals surface area contributed by atoms with E-state index in [1.54, 1.807) is 12.4 Å². The smallest absolute Gasteiger partial charge is 0.227 e. The van der Waals surface area contributed by atoms with Crippen LogP contribution >= 0.6 is 0 Å². The SMILES string of the molecule is C[C@@H]1CN(c2ccc(C#N)c3nccnc23)C[C@H](CN2CCN(c3ccnc(N4CCC(N)CC4)n3)CC2)O1. The molecule has 2 N–H and O–H groups in total. The minimum atomic E-state index is 0.0822. The van der Waals surface area contributed by atoms with Crippen molar-refractivity contribution in [3.63, 3.8) is 0 Å². The maximum Gasteiger partial charge on any atom is 0.227 e. The van der Waals surface area contributed by atoms with Crippen LogP contribution in [0.1, 0.15) is 25.3 Å². The number of hydrogen-bond donors (Lipinski definition) is 1. The highest BCUT2D eigenvalue weighted by Gasteiger charge is 2.30. The number of anilines is 3. The fourth-order valence-corrected chi connectivity index (χ4v) is 5.95. The average molecular weight is 529 g/mol. The van der Waals surface area contributed by atoms with Crippen LogP contribution in [0.2, 0.25) is 0 Å². The van der Waals surface area contributed by atoms with Crippen molar-refractivity contribution in [1.82, 2.24) is 24.8 Å². The maximum absolute atomic E-state index is 9.50. The Morgan fingerprint density at radius 2 is 1.67 bits per heavy atom. The molecule has 2 aromatic heterocycles. The van der Waals surface area contributed by atoms with Gasteiger partial charge >= 0.3 is 0 Å². The first-order valence-corrected chi connectivity index (χ1v) is 13.9. The molecule has 39 heavy (non-hydrogen) atoms. The van der Waals surface area contributed by atoms with E-state index in [1.807, 2.05) is 24.4 Å². The molecule has 6 rings (SSSR count). The fraction of sp³-hybridized carbons (Fsp3) is 0.536. The molecule has 3 saturated heterocycles. The van der Waals surface area contributed by atoms with E-state index >= 15 is 0 Å². The van der Waals surface area contributed by atoms with Gasteiger partial charge in [-0.25, -0.2) is 4.98 Å². The van der Waals surface area contributed by atoms with Gasteiger partial charge in [-0.3, -0.25) is 14.9 Å². The Morgan fingerprint density at radius 3 is 2.44 bits per heavy atom. The van der Waals surface area contributed by atoms with Gasteiger partial charge in [0.15, 0.2) is 0 Å². The van der Waals surface area contributed by atoms with Crippen molar-refractivity contribution >= 4 is 28.5 Å². The number of aromatic nitrogens is 4. The quantitative estimate of drug-likeness (QED) is 0.520. The lowest BCUT2D eigenvalue weighted by molar-refractivity contribution is -0.0327. The summed E-state index contributed by atoms with van der Waals surface area (Å²) in [5.74, 6) is 1.81. The molecule has 0 amide bonds. The molecule has 0 bridgehead atoms. The van der Waals surface area contributed by atoms with Crippen LogP contribution in [0, 0.1) is 11.3 Å². The first-order chi connectivity index (χ1) is 19.1. The Bertz CT molecular complexity index is 1330. The zero-order chi connectivity index (χ0) is 26.8. The number of piperidine rings is 1. The second-order valence-electron chi connectivity index (χ2n) is 10.8. The van der Waals surface area contributed by atoms with Gasteiger partial charge in [0.2, 0.25) is 5.95 Å². The van der Waals surface area contributed by atoms with Gasteiger partial charge < -0.3 is 25.2 Å². The number of benzene rings is 1. The summed E-state index contributed by atoms with van der Waals surface area (Å²) in [6.45, 7) is 10.1. The van der Waals surface area contributed by atoms with Gasteiger partial charge in [-0.15, -0.1) is 0 Å². The molecule has 3 fully saturated rings. The number of nitriles is 1. The van der Waals surface area contributed by atoms with E-state index < -0.39 is 0 Å². The summed E-state index contributed by atoms with van der Waals surface area (Å²) in [6.07, 6.45) is 7.36. The molecule has 2 atom stereocenters. The van der Waals surface area contributed by atoms with E-state index in [9.17, 15) is 5.26 Å². The number of hydrogen-bond acceptors (Lipinski definition) is 11. The molecule has 1 aromatic carbocycles. The van der Waals surface area contributed by atoms with E-state index in [2.05, 4.69) is 47.5 Å². The predicted octanol–water partition coefficient (Wildman–Crippen LogP) is 1.63. The minimum Gasteiger partial charge on any atom is -0.370 e. The summed E-state index contributed by atoms with van der Waals surface area (Å²) < 4.78 is 6.38. The van der Waals surface area contributed by atoms with Gasteiger partial charge in [-0.05, 0) is 38.0 Å². The maximum atomic E-state index is 9.50. The van der Waals surface area contributed by atoms with Crippen molar-refractivity contribution in [2.45, 2.75) is 38.0 Å². The Hall–Kier alpha value is -3.59. The van der Waals surface area contributed by atoms with Crippen LogP contribution in [0.15, 0.2) is 36.8 Å². The van der Waals surface area contributed by atoms with Gasteiger partial charge in [0.1, 0.15) is 22.9 Å². The highest BCUT2D eigenvalue weighted by molar-refractivity contribution is 5.92. The minimum absolute atomic E-state index is 0.0822. The molecule has 0 saturated carbocycles. The van der Waals surface area contributed by atoms with Crippen molar-refractivity contribution in [1.29, 1.82) is 5.26 Å². The van der Waals surface area contributed by atoms with Crippen LogP contribution in [0.25, 0.3) is 11.0 Å². The van der Waals surface area contributed by atoms with Crippen LogP contribution in [0.3, 0.4) is 0 Å². The van der Waals surface area contributed by atoms with Crippen molar-refractivity contribution in [2.75, 3.05) is 73.6 Å². The average Bonchev–Trinajstić information content (AvgIpc) is 2.97. The van der Waals surface area contributed by atoms with Gasteiger partial charge in [-0.1, -0.05) is 0 Å². The highest BCUT2D eigenvalue weighted by Crippen LogP contribution is 2.29. The second kappa shape index (κ2) is 11.3. The number of piperazine rings is 1. The molecule has 3 aliphatic heterocycles. The lowest BCUT2D eigenvalue weighted by Crippen LogP contribution is -2.54. The molecule has 204 valence electrons. The van der Waals surface area contributed by atoms with Crippen molar-refractivity contribution in [3.05, 3.63) is 42.4 Å². The first-order valence-electron chi connectivity index (χ1n) is 13.9. The number of rotatable bonds is 5. The molecule has 11 nitrogen and oxygen atoms in total. The van der Waals surface area contributed by atoms with E-state index in [-0.39, 0.29) is 18.2 Å². The highest BCUT2D eigenvalue weighted by atomic mass is 16.5. The van der Waals surface area contributed by atoms with E-state index in [0.29, 0.717) is 11.1 Å². The summed E-state index contributed by atoms with van der Waals surface area (Å²) in [4.78, 5) is 27.9. The number of fused-ring (bicyclic) bond motifs is 1. The fourth-order valence-electron chi connectivity index (χ4n) is 5.95. The Labute approximate surface area is 229 Å². The third-order valence-corrected chi connectivity index (χ3v) is 8.00. The third kappa shape index (κ3) is 5.59. The van der Waals surface area contributed by atoms with Crippen molar-refractivity contribution in [2.24, 2.45) is 5.73 Å². The van der Waals surface area contributed by atoms with E-state index in [1.165, 1.54) is 0 Å². The van der Waals surface area contributed by atoms with Gasteiger partial charge in [0.05, 0.1) is 23.5 Å². The molecule has 11 heteroatoms. The molecular weight excluding hydrogens is 492 g/mol. The van der Waals surface area contributed by atoms with Crippen LogP contribution in [-0.4, -0.2) is 102 Å². The third-order valence-electron chi connectivity index (χ3n) is 8.00. The molecule has 3 aliphatic rings. The van der Waals surface area contributed by atoms with Crippen molar-refractivity contribution in [3.8, 4) is 6.07 Å². The summed E-state index contributed by atoms with van der Waals surface area (Å²) in [7, 11) is 0. The van der Waals surface area contributed by atoms with Crippen LogP contribution < -0.4 is 20.4 Å². The van der Waals surface area contributed by atoms with Gasteiger partial charge in [-0.2, -0.15) is 10.2 Å². The van der Waals surface area contributed by atoms with Gasteiger partial charge in [0.25, 0.3) is 0 Å². The lowest BCUT2D eigenvalue weighted by Gasteiger charge is -2.42. The topological polar surface area (TPSA) is 124 Å². The Morgan fingerprint density at radius 1 is 0.897 bits per heavy atom. The number of nitrogens with two attached hydrogens (primary N) is 1. The monoisotopic (exact) mass is 528 g/mol. The van der Waals surface area contributed by atoms with Crippen LogP contribution in [-0.2, 0) is 4.74 Å². The van der Waals surface area contributed by atoms with E-state index in [4.69, 9.17) is 15.5 Å². The summed E-state index contributed by atoms with van der Waals surface area (Å²) in [5.41, 5.74) is 9.06. The zero-order valence-corrected chi connectivity index (χ0v) is 22.5. The summed E-state index contributed by atoms with van der Waals surface area (Å²) in [6, 6.07) is 8.39. The number of morpholine rings is 1. The van der Waals surface area contributed by atoms with Crippen LogP contribution in [0.4, 0.5) is 17.5 Å². The number of ether oxygens (including phenoxy) is 1. The molecule has 0 spiro atoms. The van der Waals surface area contributed by atoms with Crippen LogP contribution in [0.5, 0.6) is 0 Å². The normalized spacial score (nSPS) is 23.3. The number of nitrogens with zero attached hydrogens (tertiary/aromatic N) is 9. The standard InChI is InChI=1S/C28H36N10O/c1-20-17-38(24-3-2-21(16-29)26-27(24)32-9-8-31-26)19-23(39-20)18-35-12-14-36(15-13-35)25-4-7-33-28(34-25)37-10-5-22(30)6-11-37/h2-4,7-9,20,22-23H,5-6,10-15,17-19,30H2,1H3/t20-,23+/m1/s1. The first kappa shape index (κ1) is 25.7. The summed E-state index contributed by atoms with van der Waals surface area (Å²) >= 11 is 0. The largest absolute Gasteiger partial charge is 0.370 e. The molecule has 5 heterocycles. The summed E-state index contributed by atoms with van der Waals surface area (Å²) in [5, 5.41) is 9.50. The molecule has 3 aromatic rings. The molecule has 0 radical (unpaired) electrons. The van der Waals surface area contributed by atoms with Gasteiger partial charge in [0, 0.05) is 83.5 Å². The molecule has 0 unspecified atom stereocenters. The second-order valence-corrected chi connectivity index (χ2v) is 10.8. The van der Waals surface area contributed by atoms with Crippen molar-refractivity contribution < 1.29 is 4.74 Å². The zero-order valence-electron chi connectivity index (χ0n) is 22.5. The predicted molar refractivity (Wildman–Crippen MR) is 151 cm³/mol. The Kier molecular flexibility index (Phi) is 7.41. The lowest BCUT2D eigenvalue weighted by atomic mass is 10.1. The molecule has 0 aliphatic carbocycles. The van der Waals surface area contributed by atoms with E-state index in [0.717, 1.165) is 94.7 Å². The molecular formula is C28H36N10O.